The van der Waals surface area contributed by atoms with Gasteiger partial charge in [-0.3, -0.25) is 4.70 Å². The third kappa shape index (κ3) is 41.2. The van der Waals surface area contributed by atoms with E-state index in [-0.39, 0.29) is 78.9 Å². The first-order chi connectivity index (χ1) is 0. The molecule has 42 valence electrons. The molecule has 0 heterocycles. The van der Waals surface area contributed by atoms with E-state index in [1.54, 1.807) is 0 Å². The first kappa shape index (κ1) is 111. The van der Waals surface area contributed by atoms with Crippen LogP contribution < -0.4 is 0 Å². The Kier molecular flexibility index (Phi) is 1310. The minimum atomic E-state index is 0. The Morgan fingerprint density at radius 1 is 0.667 bits per heavy atom. The summed E-state index contributed by atoms with van der Waals surface area (Å²) in [5.74, 6) is 0. The topological polar surface area (TPSA) is 0 Å². The second kappa shape index (κ2) is 70.6. The minimum absolute atomic E-state index is 0. The van der Waals surface area contributed by atoms with Crippen molar-refractivity contribution in [2.24, 2.45) is 0 Å². The summed E-state index contributed by atoms with van der Waals surface area (Å²) in [6, 6.07) is 0. The zero-order valence-corrected chi connectivity index (χ0v) is 4.08. The fourth-order valence-corrected chi connectivity index (χ4v) is 0. The van der Waals surface area contributed by atoms with E-state index in [4.69, 9.17) is 0 Å². The van der Waals surface area contributed by atoms with Crippen molar-refractivity contribution < 1.29 is 4.70 Å². The fraction of sp³-hybridized carbons (Fsp3) is 1.00. The van der Waals surface area contributed by atoms with E-state index in [0.29, 0.717) is 0 Å². The molecule has 0 aromatic rings. The molecule has 0 radical (unpaired) electrons. The molecule has 0 aliphatic heterocycles. The Bertz CT molecular complexity index is 10.8. The van der Waals surface area contributed by atoms with Crippen LogP contribution in [0.4, 0.5) is 4.70 Å². The summed E-state index contributed by atoms with van der Waals surface area (Å²) >= 11 is 0. The number of hydrogen-bond acceptors (Lipinski definition) is 0. The van der Waals surface area contributed by atoms with E-state index in [1.807, 2.05) is 0 Å². The van der Waals surface area contributed by atoms with Gasteiger partial charge in [0.2, 0.25) is 0 Å². The molecule has 0 amide bonds. The molecule has 0 atom stereocenters. The maximum absolute atomic E-state index is 0. The van der Waals surface area contributed by atoms with Crippen molar-refractivity contribution in [3.63, 3.8) is 0 Å². The predicted octanol–water partition coefficient (Wildman–Crippen LogP) is 1.41. The van der Waals surface area contributed by atoms with Crippen molar-refractivity contribution in [1.29, 1.82) is 0 Å². The van der Waals surface area contributed by atoms with Gasteiger partial charge in [0.05, 0.1) is 0 Å². The van der Waals surface area contributed by atoms with Crippen molar-refractivity contribution >= 4 is 66.8 Å². The van der Waals surface area contributed by atoms with Crippen LogP contribution in [0.2, 0.25) is 0 Å². The monoisotopic (exact) mass is 168 g/mol. The van der Waals surface area contributed by atoms with E-state index in [2.05, 4.69) is 0 Å². The summed E-state index contributed by atoms with van der Waals surface area (Å²) in [6.07, 6.45) is 0. The second-order valence-electron chi connectivity index (χ2n) is 0. The molecule has 0 unspecified atom stereocenters. The Labute approximate surface area is 78.3 Å². The van der Waals surface area contributed by atoms with Gasteiger partial charge in [0, 0.05) is 0 Å². The summed E-state index contributed by atoms with van der Waals surface area (Å²) in [4.78, 5) is 0. The van der Waals surface area contributed by atoms with Gasteiger partial charge in [-0.2, -0.15) is 0 Å². The van der Waals surface area contributed by atoms with Crippen LogP contribution in [0.3, 0.4) is 0 Å². The number of hydrogen-bond donors (Lipinski definition) is 0. The average Bonchev–Trinajstić information content (AvgIpc) is 0. The maximum atomic E-state index is 0. The van der Waals surface area contributed by atoms with Gasteiger partial charge in [0.15, 0.2) is 0 Å². The number of halogens is 4. The van der Waals surface area contributed by atoms with Gasteiger partial charge in [-0.25, -0.2) is 0 Å². The Morgan fingerprint density at radius 3 is 0.667 bits per heavy atom. The molecule has 0 nitrogen and oxygen atoms in total. The van der Waals surface area contributed by atoms with Crippen molar-refractivity contribution in [3.8, 4) is 0 Å². The van der Waals surface area contributed by atoms with Crippen molar-refractivity contribution in [1.82, 2.24) is 0 Å². The van der Waals surface area contributed by atoms with Gasteiger partial charge in [-0.15, -0.1) is 37.2 Å². The van der Waals surface area contributed by atoms with E-state index < -0.39 is 0 Å². The van der Waals surface area contributed by atoms with Crippen molar-refractivity contribution in [3.05, 3.63) is 0 Å². The summed E-state index contributed by atoms with van der Waals surface area (Å²) in [7, 11) is 0. The predicted molar refractivity (Wildman–Crippen MR) is 38.1 cm³/mol. The molecule has 5 heteroatoms. The SMILES string of the molecule is C.Cl.Cl.Cl.F.[NaH]. The first-order valence-corrected chi connectivity index (χ1v) is 0. The van der Waals surface area contributed by atoms with Crippen LogP contribution in [0.15, 0.2) is 0 Å². The van der Waals surface area contributed by atoms with Gasteiger partial charge >= 0.3 is 29.6 Å². The van der Waals surface area contributed by atoms with Gasteiger partial charge in [-0.05, 0) is 0 Å². The Hall–Kier alpha value is 1.80. The molecule has 0 fully saturated rings. The van der Waals surface area contributed by atoms with Gasteiger partial charge in [0.1, 0.15) is 0 Å². The van der Waals surface area contributed by atoms with Crippen LogP contribution in [-0.4, -0.2) is 29.6 Å². The molecule has 0 saturated carbocycles. The molecule has 0 spiro atoms. The molecule has 0 aliphatic rings. The molecule has 0 aromatic carbocycles. The zero-order valence-electron chi connectivity index (χ0n) is 1.63. The van der Waals surface area contributed by atoms with E-state index >= 15 is 0 Å². The van der Waals surface area contributed by atoms with E-state index in [9.17, 15) is 0 Å². The Morgan fingerprint density at radius 2 is 0.667 bits per heavy atom. The standard InChI is InChI=1S/CH4.3ClH.FH.Na.H/h1H4;4*1H;;. The van der Waals surface area contributed by atoms with Crippen LogP contribution in [0.5, 0.6) is 0 Å². The normalized spacial score (nSPS) is 0. The summed E-state index contributed by atoms with van der Waals surface area (Å²) in [6.45, 7) is 0. The van der Waals surface area contributed by atoms with Gasteiger partial charge in [-0.1, -0.05) is 7.43 Å². The van der Waals surface area contributed by atoms with E-state index in [1.165, 1.54) is 0 Å². The van der Waals surface area contributed by atoms with Crippen LogP contribution in [0.1, 0.15) is 7.43 Å². The van der Waals surface area contributed by atoms with Gasteiger partial charge < -0.3 is 0 Å². The summed E-state index contributed by atoms with van der Waals surface area (Å²) in [5.41, 5.74) is 0. The van der Waals surface area contributed by atoms with Gasteiger partial charge in [0.25, 0.3) is 0 Å². The molecule has 0 aliphatic carbocycles. The molecule has 6 heavy (non-hydrogen) atoms. The average molecular weight is 169 g/mol. The molecule has 0 bridgehead atoms. The van der Waals surface area contributed by atoms with Crippen LogP contribution in [0.25, 0.3) is 0 Å². The second-order valence-corrected chi connectivity index (χ2v) is 0. The fourth-order valence-electron chi connectivity index (χ4n) is 0. The quantitative estimate of drug-likeness (QED) is 0.481. The van der Waals surface area contributed by atoms with Crippen LogP contribution in [-0.2, 0) is 0 Å². The van der Waals surface area contributed by atoms with Crippen LogP contribution >= 0.6 is 37.2 Å². The van der Waals surface area contributed by atoms with Crippen LogP contribution in [0, 0.1) is 0 Å². The third-order valence-electron chi connectivity index (χ3n) is 0. The van der Waals surface area contributed by atoms with E-state index in [0.717, 1.165) is 0 Å². The molecule has 0 saturated heterocycles. The molecular formula is CH9Cl3FNa. The summed E-state index contributed by atoms with van der Waals surface area (Å²) < 4.78 is 0. The van der Waals surface area contributed by atoms with Crippen molar-refractivity contribution in [2.45, 2.75) is 7.43 Å². The third-order valence-corrected chi connectivity index (χ3v) is 0. The molecular weight excluding hydrogens is 160 g/mol. The molecule has 0 N–H and O–H groups in total. The summed E-state index contributed by atoms with van der Waals surface area (Å²) in [5, 5.41) is 0. The molecule has 0 aromatic heterocycles. The molecule has 0 rings (SSSR count). The number of rotatable bonds is 0. The Balaban J connectivity index is 0. The first-order valence-electron chi connectivity index (χ1n) is 0. The van der Waals surface area contributed by atoms with Crippen molar-refractivity contribution in [2.75, 3.05) is 0 Å². The zero-order chi connectivity index (χ0) is 0.